The molecule has 0 aromatic rings. The summed E-state index contributed by atoms with van der Waals surface area (Å²) in [6.07, 6.45) is -13.0. The molecule has 0 aromatic carbocycles. The van der Waals surface area contributed by atoms with Crippen molar-refractivity contribution in [1.82, 2.24) is 5.32 Å². The Labute approximate surface area is 180 Å². The average Bonchev–Trinajstić information content (AvgIpc) is 2.61. The lowest BCUT2D eigenvalue weighted by molar-refractivity contribution is -0.271. The molecule has 11 nitrogen and oxygen atoms in total. The third-order valence-electron chi connectivity index (χ3n) is 3.95. The zero-order valence-electron chi connectivity index (χ0n) is 17.7. The molecule has 1 aliphatic heterocycles. The fraction of sp³-hybridized carbons (Fsp3) is 0.722. The Morgan fingerprint density at radius 1 is 0.844 bits per heavy atom. The molecule has 182 valence electrons. The van der Waals surface area contributed by atoms with Crippen molar-refractivity contribution in [3.63, 3.8) is 0 Å². The summed E-state index contributed by atoms with van der Waals surface area (Å²) in [7, 11) is 0. The van der Waals surface area contributed by atoms with Crippen LogP contribution < -0.4 is 5.32 Å². The van der Waals surface area contributed by atoms with Gasteiger partial charge in [-0.2, -0.15) is 13.2 Å². The lowest BCUT2D eigenvalue weighted by atomic mass is 9.95. The minimum absolute atomic E-state index is 0.516. The lowest BCUT2D eigenvalue weighted by Crippen LogP contribution is -2.67. The van der Waals surface area contributed by atoms with Crippen LogP contribution in [0.2, 0.25) is 0 Å². The second-order valence-electron chi connectivity index (χ2n) is 6.81. The summed E-state index contributed by atoms with van der Waals surface area (Å²) < 4.78 is 63.0. The van der Waals surface area contributed by atoms with E-state index in [4.69, 9.17) is 23.7 Å². The van der Waals surface area contributed by atoms with Crippen molar-refractivity contribution in [2.75, 3.05) is 6.61 Å². The number of hydrogen-bond donors (Lipinski definition) is 1. The van der Waals surface area contributed by atoms with Crippen LogP contribution in [0.15, 0.2) is 0 Å². The molecular weight excluding hydrogens is 447 g/mol. The Morgan fingerprint density at radius 3 is 1.84 bits per heavy atom. The molecule has 1 aliphatic rings. The van der Waals surface area contributed by atoms with Crippen molar-refractivity contribution in [2.45, 2.75) is 77.4 Å². The van der Waals surface area contributed by atoms with Gasteiger partial charge in [0, 0.05) is 34.1 Å². The van der Waals surface area contributed by atoms with Gasteiger partial charge in [-0.3, -0.25) is 24.0 Å². The summed E-state index contributed by atoms with van der Waals surface area (Å²) in [5.74, 6) is -4.52. The molecule has 1 heterocycles. The molecule has 1 rings (SSSR count). The van der Waals surface area contributed by atoms with Crippen LogP contribution in [-0.2, 0) is 47.7 Å². The molecule has 0 aromatic heterocycles. The first-order valence-corrected chi connectivity index (χ1v) is 9.36. The topological polar surface area (TPSA) is 144 Å². The number of halogens is 3. The van der Waals surface area contributed by atoms with Crippen molar-refractivity contribution < 1.29 is 60.8 Å². The molecule has 0 bridgehead atoms. The van der Waals surface area contributed by atoms with Gasteiger partial charge in [-0.25, -0.2) is 0 Å². The Kier molecular flexibility index (Phi) is 9.87. The van der Waals surface area contributed by atoms with E-state index in [9.17, 15) is 37.1 Å². The Morgan fingerprint density at radius 2 is 1.38 bits per heavy atom. The van der Waals surface area contributed by atoms with E-state index >= 15 is 0 Å². The minimum Gasteiger partial charge on any atom is -0.463 e. The largest absolute Gasteiger partial charge is 0.463 e. The van der Waals surface area contributed by atoms with Gasteiger partial charge in [0.1, 0.15) is 18.8 Å². The van der Waals surface area contributed by atoms with Gasteiger partial charge in [-0.1, -0.05) is 0 Å². The number of carbonyl (C=O) groups is 5. The predicted molar refractivity (Wildman–Crippen MR) is 95.4 cm³/mol. The highest BCUT2D eigenvalue weighted by atomic mass is 19.4. The van der Waals surface area contributed by atoms with Crippen LogP contribution >= 0.6 is 0 Å². The lowest BCUT2D eigenvalue weighted by Gasteiger charge is -2.44. The molecule has 14 heteroatoms. The third-order valence-corrected chi connectivity index (χ3v) is 3.95. The molecule has 0 unspecified atom stereocenters. The van der Waals surface area contributed by atoms with E-state index in [-0.39, 0.29) is 0 Å². The van der Waals surface area contributed by atoms with E-state index in [1.54, 1.807) is 0 Å². The highest BCUT2D eigenvalue weighted by Gasteiger charge is 2.52. The SMILES string of the molecule is CC(=O)OC[C@H]1O[C@@H](OC(C)=O)[C@H](NC(=O)CCC(F)(F)F)[C@@H](OC(C)=O)[C@@H]1OC(C)=O. The molecule has 1 fully saturated rings. The molecule has 0 spiro atoms. The summed E-state index contributed by atoms with van der Waals surface area (Å²) >= 11 is 0. The van der Waals surface area contributed by atoms with Crippen LogP contribution in [0.1, 0.15) is 40.5 Å². The van der Waals surface area contributed by atoms with E-state index in [1.165, 1.54) is 0 Å². The number of ether oxygens (including phenoxy) is 5. The fourth-order valence-electron chi connectivity index (χ4n) is 2.83. The van der Waals surface area contributed by atoms with E-state index in [2.05, 4.69) is 5.32 Å². The molecule has 0 radical (unpaired) electrons. The van der Waals surface area contributed by atoms with Crippen molar-refractivity contribution in [3.8, 4) is 0 Å². The maximum Gasteiger partial charge on any atom is 0.389 e. The third kappa shape index (κ3) is 9.49. The molecule has 5 atom stereocenters. The van der Waals surface area contributed by atoms with Crippen molar-refractivity contribution in [3.05, 3.63) is 0 Å². The maximum atomic E-state index is 12.5. The van der Waals surface area contributed by atoms with E-state index in [0.29, 0.717) is 0 Å². The Balaban J connectivity index is 3.28. The number of esters is 4. The van der Waals surface area contributed by atoms with E-state index in [0.717, 1.165) is 27.7 Å². The second-order valence-corrected chi connectivity index (χ2v) is 6.81. The van der Waals surface area contributed by atoms with Gasteiger partial charge in [-0.15, -0.1) is 0 Å². The van der Waals surface area contributed by atoms with Gasteiger partial charge in [0.05, 0.1) is 6.42 Å². The first-order chi connectivity index (χ1) is 14.7. The summed E-state index contributed by atoms with van der Waals surface area (Å²) in [6, 6.07) is -1.54. The number of carbonyl (C=O) groups excluding carboxylic acids is 5. The van der Waals surface area contributed by atoms with E-state index < -0.39 is 86.1 Å². The fourth-order valence-corrected chi connectivity index (χ4v) is 2.83. The first-order valence-electron chi connectivity index (χ1n) is 9.36. The van der Waals surface area contributed by atoms with Crippen molar-refractivity contribution >= 4 is 29.8 Å². The van der Waals surface area contributed by atoms with Gasteiger partial charge in [-0.05, 0) is 0 Å². The van der Waals surface area contributed by atoms with Crippen LogP contribution in [0.3, 0.4) is 0 Å². The summed E-state index contributed by atoms with van der Waals surface area (Å²) in [5.41, 5.74) is 0. The standard InChI is InChI=1S/C18H24F3NO10/c1-8(23)28-7-12-15(29-9(2)24)16(30-10(3)25)14(17(32-12)31-11(4)26)22-13(27)5-6-18(19,20)21/h12,14-17H,5-7H2,1-4H3,(H,22,27)/t12-,14-,15-,16-,17-/m1/s1. The summed E-state index contributed by atoms with van der Waals surface area (Å²) in [6.45, 7) is 3.57. The number of rotatable bonds is 8. The number of amides is 1. The van der Waals surface area contributed by atoms with E-state index in [1.807, 2.05) is 0 Å². The molecule has 32 heavy (non-hydrogen) atoms. The van der Waals surface area contributed by atoms with Crippen molar-refractivity contribution in [1.29, 1.82) is 0 Å². The van der Waals surface area contributed by atoms with Gasteiger partial charge < -0.3 is 29.0 Å². The molecule has 0 saturated carbocycles. The summed E-state index contributed by atoms with van der Waals surface area (Å²) in [4.78, 5) is 58.1. The molecule has 1 saturated heterocycles. The zero-order valence-corrected chi connectivity index (χ0v) is 17.7. The van der Waals surface area contributed by atoms with Gasteiger partial charge >= 0.3 is 30.1 Å². The van der Waals surface area contributed by atoms with Crippen LogP contribution in [0, 0.1) is 0 Å². The highest BCUT2D eigenvalue weighted by molar-refractivity contribution is 5.76. The number of alkyl halides is 3. The normalized spacial score (nSPS) is 25.3. The summed E-state index contributed by atoms with van der Waals surface area (Å²) in [5, 5.41) is 2.17. The molecular formula is C18H24F3NO10. The monoisotopic (exact) mass is 471 g/mol. The van der Waals surface area contributed by atoms with Gasteiger partial charge in [0.2, 0.25) is 12.2 Å². The second kappa shape index (κ2) is 11.6. The first kappa shape index (κ1) is 27.1. The number of nitrogens with one attached hydrogen (secondary N) is 1. The smallest absolute Gasteiger partial charge is 0.389 e. The van der Waals surface area contributed by atoms with Crippen molar-refractivity contribution in [2.24, 2.45) is 0 Å². The van der Waals surface area contributed by atoms with Gasteiger partial charge in [0.25, 0.3) is 0 Å². The highest BCUT2D eigenvalue weighted by Crippen LogP contribution is 2.28. The number of hydrogen-bond acceptors (Lipinski definition) is 10. The molecule has 1 N–H and O–H groups in total. The van der Waals surface area contributed by atoms with Crippen LogP contribution in [0.25, 0.3) is 0 Å². The zero-order chi connectivity index (χ0) is 24.6. The average molecular weight is 471 g/mol. The Hall–Kier alpha value is -2.90. The maximum absolute atomic E-state index is 12.5. The minimum atomic E-state index is -4.61. The van der Waals surface area contributed by atoms with Gasteiger partial charge in [0.15, 0.2) is 12.2 Å². The predicted octanol–water partition coefficient (Wildman–Crippen LogP) is 0.528. The van der Waals surface area contributed by atoms with Crippen LogP contribution in [0.5, 0.6) is 0 Å². The quantitative estimate of drug-likeness (QED) is 0.393. The van der Waals surface area contributed by atoms with Crippen LogP contribution in [-0.4, -0.2) is 73.2 Å². The Bertz CT molecular complexity index is 726. The molecule has 0 aliphatic carbocycles. The molecule has 1 amide bonds. The van der Waals surface area contributed by atoms with Crippen LogP contribution in [0.4, 0.5) is 13.2 Å².